The van der Waals surface area contributed by atoms with Gasteiger partial charge in [0.25, 0.3) is 0 Å². The molecular weight excluding hydrogens is 208 g/mol. The minimum atomic E-state index is 0.271. The van der Waals surface area contributed by atoms with Gasteiger partial charge in [-0.05, 0) is 30.5 Å². The van der Waals surface area contributed by atoms with E-state index in [4.69, 9.17) is 17.3 Å². The monoisotopic (exact) mass is 224 g/mol. The van der Waals surface area contributed by atoms with Crippen molar-refractivity contribution in [1.82, 2.24) is 5.32 Å². The van der Waals surface area contributed by atoms with Gasteiger partial charge >= 0.3 is 0 Å². The molecule has 0 aliphatic heterocycles. The fourth-order valence-corrected chi connectivity index (χ4v) is 1.98. The topological polar surface area (TPSA) is 38.0 Å². The van der Waals surface area contributed by atoms with Crippen LogP contribution >= 0.6 is 11.6 Å². The van der Waals surface area contributed by atoms with E-state index in [1.54, 1.807) is 0 Å². The largest absolute Gasteiger partial charge is 0.329 e. The van der Waals surface area contributed by atoms with Crippen molar-refractivity contribution in [2.45, 2.75) is 31.3 Å². The molecule has 2 nitrogen and oxygen atoms in total. The summed E-state index contributed by atoms with van der Waals surface area (Å²) in [6.07, 6.45) is 3.91. The second-order valence-electron chi connectivity index (χ2n) is 4.13. The molecule has 3 N–H and O–H groups in total. The summed E-state index contributed by atoms with van der Waals surface area (Å²) in [5, 5.41) is 4.35. The van der Waals surface area contributed by atoms with Crippen molar-refractivity contribution >= 4 is 11.6 Å². The molecule has 82 valence electrons. The first-order chi connectivity index (χ1) is 7.29. The van der Waals surface area contributed by atoms with Crippen LogP contribution in [0.15, 0.2) is 24.3 Å². The van der Waals surface area contributed by atoms with Crippen LogP contribution < -0.4 is 11.1 Å². The molecule has 1 aromatic rings. The summed E-state index contributed by atoms with van der Waals surface area (Å²) in [5.74, 6) is 0. The van der Waals surface area contributed by atoms with Crippen LogP contribution in [-0.2, 0) is 0 Å². The summed E-state index contributed by atoms with van der Waals surface area (Å²) < 4.78 is 0. The SMILES string of the molecule is NCC(NC1CCC1)c1ccc(Cl)cc1. The average Bonchev–Trinajstić information content (AvgIpc) is 2.19. The summed E-state index contributed by atoms with van der Waals surface area (Å²) in [7, 11) is 0. The highest BCUT2D eigenvalue weighted by Gasteiger charge is 2.21. The molecule has 15 heavy (non-hydrogen) atoms. The Morgan fingerprint density at radius 3 is 2.47 bits per heavy atom. The Balaban J connectivity index is 2.01. The molecule has 0 spiro atoms. The Morgan fingerprint density at radius 1 is 1.33 bits per heavy atom. The summed E-state index contributed by atoms with van der Waals surface area (Å²) in [6, 6.07) is 8.86. The predicted molar refractivity (Wildman–Crippen MR) is 64.0 cm³/mol. The first kappa shape index (κ1) is 10.9. The fourth-order valence-electron chi connectivity index (χ4n) is 1.85. The van der Waals surface area contributed by atoms with Crippen LogP contribution in [0, 0.1) is 0 Å². The van der Waals surface area contributed by atoms with Crippen LogP contribution in [-0.4, -0.2) is 12.6 Å². The number of rotatable bonds is 4. The van der Waals surface area contributed by atoms with E-state index in [9.17, 15) is 0 Å². The third kappa shape index (κ3) is 2.71. The average molecular weight is 225 g/mol. The van der Waals surface area contributed by atoms with Crippen LogP contribution in [0.25, 0.3) is 0 Å². The van der Waals surface area contributed by atoms with E-state index in [1.165, 1.54) is 24.8 Å². The Bertz CT molecular complexity index is 306. The standard InChI is InChI=1S/C12H17ClN2/c13-10-6-4-9(5-7-10)12(8-14)15-11-2-1-3-11/h4-7,11-12,15H,1-3,8,14H2. The van der Waals surface area contributed by atoms with Crippen LogP contribution in [0.2, 0.25) is 5.02 Å². The maximum Gasteiger partial charge on any atom is 0.0446 e. The van der Waals surface area contributed by atoms with Crippen LogP contribution in [0.1, 0.15) is 30.9 Å². The van der Waals surface area contributed by atoms with E-state index in [0.29, 0.717) is 12.6 Å². The Hall–Kier alpha value is -0.570. The summed E-state index contributed by atoms with van der Waals surface area (Å²) in [5.41, 5.74) is 7.00. The van der Waals surface area contributed by atoms with E-state index in [2.05, 4.69) is 5.32 Å². The van der Waals surface area contributed by atoms with E-state index in [0.717, 1.165) is 5.02 Å². The molecule has 1 aliphatic rings. The highest BCUT2D eigenvalue weighted by Crippen LogP contribution is 2.23. The molecule has 1 unspecified atom stereocenters. The molecular formula is C12H17ClN2. The zero-order valence-electron chi connectivity index (χ0n) is 8.75. The molecule has 1 aromatic carbocycles. The molecule has 2 rings (SSSR count). The van der Waals surface area contributed by atoms with Crippen molar-refractivity contribution in [2.24, 2.45) is 5.73 Å². The van der Waals surface area contributed by atoms with Gasteiger partial charge in [0.2, 0.25) is 0 Å². The third-order valence-corrected chi connectivity index (χ3v) is 3.30. The number of nitrogens with two attached hydrogens (primary N) is 1. The zero-order valence-corrected chi connectivity index (χ0v) is 9.50. The summed E-state index contributed by atoms with van der Waals surface area (Å²) >= 11 is 5.85. The minimum absolute atomic E-state index is 0.271. The molecule has 1 saturated carbocycles. The number of halogens is 1. The molecule has 1 fully saturated rings. The van der Waals surface area contributed by atoms with Gasteiger partial charge in [-0.15, -0.1) is 0 Å². The first-order valence-electron chi connectivity index (χ1n) is 5.51. The maximum atomic E-state index is 5.85. The molecule has 0 radical (unpaired) electrons. The molecule has 0 saturated heterocycles. The number of hydrogen-bond donors (Lipinski definition) is 2. The second kappa shape index (κ2) is 4.97. The molecule has 3 heteroatoms. The third-order valence-electron chi connectivity index (χ3n) is 3.05. The number of hydrogen-bond acceptors (Lipinski definition) is 2. The van der Waals surface area contributed by atoms with E-state index in [1.807, 2.05) is 24.3 Å². The molecule has 0 amide bonds. The van der Waals surface area contributed by atoms with Gasteiger partial charge < -0.3 is 11.1 Å². The van der Waals surface area contributed by atoms with E-state index in [-0.39, 0.29) is 6.04 Å². The van der Waals surface area contributed by atoms with Crippen LogP contribution in [0.5, 0.6) is 0 Å². The lowest BCUT2D eigenvalue weighted by Gasteiger charge is -2.31. The van der Waals surface area contributed by atoms with Gasteiger partial charge in [0.1, 0.15) is 0 Å². The van der Waals surface area contributed by atoms with Crippen molar-refractivity contribution < 1.29 is 0 Å². The predicted octanol–water partition coefficient (Wildman–Crippen LogP) is 2.48. The van der Waals surface area contributed by atoms with Crippen molar-refractivity contribution in [1.29, 1.82) is 0 Å². The van der Waals surface area contributed by atoms with Crippen LogP contribution in [0.4, 0.5) is 0 Å². The van der Waals surface area contributed by atoms with Gasteiger partial charge in [-0.2, -0.15) is 0 Å². The lowest BCUT2D eigenvalue weighted by Crippen LogP contribution is -2.40. The smallest absolute Gasteiger partial charge is 0.0446 e. The Kier molecular flexibility index (Phi) is 3.62. The Morgan fingerprint density at radius 2 is 2.00 bits per heavy atom. The van der Waals surface area contributed by atoms with Crippen LogP contribution in [0.3, 0.4) is 0 Å². The lowest BCUT2D eigenvalue weighted by molar-refractivity contribution is 0.307. The maximum absolute atomic E-state index is 5.85. The van der Waals surface area contributed by atoms with Crippen molar-refractivity contribution in [3.05, 3.63) is 34.9 Å². The molecule has 1 aliphatic carbocycles. The van der Waals surface area contributed by atoms with Gasteiger partial charge in [0, 0.05) is 23.7 Å². The van der Waals surface area contributed by atoms with Gasteiger partial charge in [-0.25, -0.2) is 0 Å². The molecule has 0 aromatic heterocycles. The summed E-state index contributed by atoms with van der Waals surface area (Å²) in [6.45, 7) is 0.637. The molecule has 1 atom stereocenters. The Labute approximate surface area is 95.8 Å². The number of benzene rings is 1. The van der Waals surface area contributed by atoms with E-state index < -0.39 is 0 Å². The highest BCUT2D eigenvalue weighted by atomic mass is 35.5. The first-order valence-corrected chi connectivity index (χ1v) is 5.89. The minimum Gasteiger partial charge on any atom is -0.329 e. The van der Waals surface area contributed by atoms with Gasteiger partial charge in [-0.1, -0.05) is 30.2 Å². The highest BCUT2D eigenvalue weighted by molar-refractivity contribution is 6.30. The quantitative estimate of drug-likeness (QED) is 0.825. The normalized spacial score (nSPS) is 18.5. The number of nitrogens with one attached hydrogen (secondary N) is 1. The van der Waals surface area contributed by atoms with Gasteiger partial charge in [0.15, 0.2) is 0 Å². The fraction of sp³-hybridized carbons (Fsp3) is 0.500. The van der Waals surface area contributed by atoms with Crippen molar-refractivity contribution in [2.75, 3.05) is 6.54 Å². The van der Waals surface area contributed by atoms with Crippen molar-refractivity contribution in [3.8, 4) is 0 Å². The molecule has 0 bridgehead atoms. The van der Waals surface area contributed by atoms with Gasteiger partial charge in [0.05, 0.1) is 0 Å². The van der Waals surface area contributed by atoms with Gasteiger partial charge in [-0.3, -0.25) is 0 Å². The second-order valence-corrected chi connectivity index (χ2v) is 4.57. The summed E-state index contributed by atoms with van der Waals surface area (Å²) in [4.78, 5) is 0. The van der Waals surface area contributed by atoms with E-state index >= 15 is 0 Å². The molecule has 0 heterocycles. The zero-order chi connectivity index (χ0) is 10.7. The van der Waals surface area contributed by atoms with Crippen molar-refractivity contribution in [3.63, 3.8) is 0 Å². The lowest BCUT2D eigenvalue weighted by atomic mass is 9.91.